The Hall–Kier alpha value is -1.31. The van der Waals surface area contributed by atoms with E-state index >= 15 is 0 Å². The molecule has 0 saturated heterocycles. The van der Waals surface area contributed by atoms with Crippen LogP contribution < -0.4 is 0 Å². The molecule has 368 valence electrons. The van der Waals surface area contributed by atoms with Crippen LogP contribution in [0.1, 0.15) is 297 Å². The van der Waals surface area contributed by atoms with Gasteiger partial charge in [-0.25, -0.2) is 0 Å². The molecule has 0 fully saturated rings. The third-order valence-electron chi connectivity index (χ3n) is 12.2. The molecule has 2 N–H and O–H groups in total. The monoisotopic (exact) mass is 945 g/mol. The minimum absolute atomic E-state index is 0.0583. The molecule has 0 spiro atoms. The zero-order valence-electron chi connectivity index (χ0n) is 41.0. The van der Waals surface area contributed by atoms with Gasteiger partial charge in [-0.1, -0.05) is 149 Å². The number of rotatable bonds is 49. The van der Waals surface area contributed by atoms with Gasteiger partial charge in [-0.3, -0.25) is 0 Å². The molecule has 0 aromatic carbocycles. The van der Waals surface area contributed by atoms with Gasteiger partial charge >= 0.3 is 238 Å². The van der Waals surface area contributed by atoms with E-state index in [-0.39, 0.29) is 32.3 Å². The number of unbranched alkanes of at least 4 members (excludes halogenated alkanes) is 36. The van der Waals surface area contributed by atoms with Crippen LogP contribution >= 0.6 is 0 Å². The number of hydrogen-bond donors (Lipinski definition) is 2. The van der Waals surface area contributed by atoms with E-state index in [1.54, 1.807) is 0 Å². The van der Waals surface area contributed by atoms with E-state index in [0.29, 0.717) is 19.3 Å². The SMILES string of the molecule is CCCCCCCCCCCCCCCC(=O)OCCC(C[As](=O)(O)O)(OC(=O)CCCCCCCCCCCCCCC)OC(=O)CCCCCCCCCCCCCCC. The van der Waals surface area contributed by atoms with Crippen LogP contribution in [0.4, 0.5) is 0 Å². The molecule has 0 aliphatic carbocycles. The second-order valence-corrected chi connectivity index (χ2v) is 22.1. The van der Waals surface area contributed by atoms with Crippen molar-refractivity contribution in [1.82, 2.24) is 0 Å². The molecule has 0 aromatic rings. The first-order valence-corrected chi connectivity index (χ1v) is 30.5. The number of carbonyl (C=O) groups excluding carboxylic acids is 3. The standard InChI is InChI=1S/C52H101AsO9/c1-4-7-10-13-16-19-22-25-28-31-34-37-40-43-49(54)60-47-46-52(48-53(57,58)59,61-50(55)44-41-38-35-32-29-26-23-20-17-14-11-8-5-2)62-51(56)45-42-39-36-33-30-27-24-21-18-15-12-9-6-3/h4-48H2,1-3H3,(H2,57,58,59). The van der Waals surface area contributed by atoms with E-state index in [1.807, 2.05) is 0 Å². The van der Waals surface area contributed by atoms with Crippen LogP contribution in [-0.2, 0) is 32.3 Å². The van der Waals surface area contributed by atoms with Gasteiger partial charge in [-0.15, -0.1) is 0 Å². The second kappa shape index (κ2) is 44.9. The van der Waals surface area contributed by atoms with Crippen LogP contribution in [0.15, 0.2) is 0 Å². The Labute approximate surface area is 385 Å². The van der Waals surface area contributed by atoms with E-state index in [9.17, 15) is 26.3 Å². The molecular formula is C52H101AsO9. The molecule has 0 aliphatic heterocycles. The average Bonchev–Trinajstić information content (AvgIpc) is 3.22. The zero-order valence-corrected chi connectivity index (χ0v) is 42.9. The summed E-state index contributed by atoms with van der Waals surface area (Å²) in [5.74, 6) is -3.93. The van der Waals surface area contributed by atoms with Gasteiger partial charge in [0.2, 0.25) is 0 Å². The predicted molar refractivity (Wildman–Crippen MR) is 257 cm³/mol. The molecule has 0 aromatic heterocycles. The normalized spacial score (nSPS) is 11.9. The van der Waals surface area contributed by atoms with E-state index in [2.05, 4.69) is 20.8 Å². The molecule has 0 aliphatic rings. The van der Waals surface area contributed by atoms with Crippen molar-refractivity contribution in [2.45, 2.75) is 308 Å². The third-order valence-corrected chi connectivity index (χ3v) is 14.1. The van der Waals surface area contributed by atoms with Crippen molar-refractivity contribution in [2.24, 2.45) is 0 Å². The first-order chi connectivity index (χ1) is 30.1. The van der Waals surface area contributed by atoms with Gasteiger partial charge in [0.05, 0.1) is 0 Å². The maximum atomic E-state index is 13.2. The Morgan fingerprint density at radius 3 is 0.839 bits per heavy atom. The molecule has 0 heterocycles. The molecule has 0 bridgehead atoms. The van der Waals surface area contributed by atoms with E-state index < -0.39 is 43.1 Å². The molecule has 9 nitrogen and oxygen atoms in total. The van der Waals surface area contributed by atoms with Gasteiger partial charge in [0.25, 0.3) is 0 Å². The summed E-state index contributed by atoms with van der Waals surface area (Å²) in [6.07, 6.45) is 45.9. The van der Waals surface area contributed by atoms with Crippen molar-refractivity contribution >= 4 is 32.1 Å². The van der Waals surface area contributed by atoms with Crippen LogP contribution in [0.3, 0.4) is 0 Å². The van der Waals surface area contributed by atoms with Crippen molar-refractivity contribution in [2.75, 3.05) is 6.61 Å². The van der Waals surface area contributed by atoms with E-state index in [4.69, 9.17) is 14.2 Å². The fraction of sp³-hybridized carbons (Fsp3) is 0.942. The summed E-state index contributed by atoms with van der Waals surface area (Å²) < 4.78 is 49.7. The number of carbonyl (C=O) groups is 3. The van der Waals surface area contributed by atoms with Crippen LogP contribution in [-0.4, -0.2) is 52.7 Å². The third kappa shape index (κ3) is 43.9. The quantitative estimate of drug-likeness (QED) is 0.0264. The molecular weight excluding hydrogens is 843 g/mol. The fourth-order valence-electron chi connectivity index (χ4n) is 8.35. The van der Waals surface area contributed by atoms with Crippen molar-refractivity contribution in [3.05, 3.63) is 0 Å². The second-order valence-electron chi connectivity index (χ2n) is 18.6. The topological polar surface area (TPSA) is 136 Å². The van der Waals surface area contributed by atoms with Crippen LogP contribution in [0, 0.1) is 0 Å². The van der Waals surface area contributed by atoms with Crippen LogP contribution in [0.2, 0.25) is 5.21 Å². The van der Waals surface area contributed by atoms with Gasteiger partial charge < -0.3 is 0 Å². The minimum Gasteiger partial charge on any atom is -0.0654 e. The predicted octanol–water partition coefficient (Wildman–Crippen LogP) is 15.5. The maximum absolute atomic E-state index is 13.2. The van der Waals surface area contributed by atoms with Gasteiger partial charge in [-0.2, -0.15) is 0 Å². The summed E-state index contributed by atoms with van der Waals surface area (Å²) in [5, 5.41) is -0.920. The average molecular weight is 945 g/mol. The summed E-state index contributed by atoms with van der Waals surface area (Å²) in [6, 6.07) is 0. The van der Waals surface area contributed by atoms with E-state index in [1.165, 1.54) is 173 Å². The molecule has 62 heavy (non-hydrogen) atoms. The number of ether oxygens (including phenoxy) is 3. The molecule has 0 unspecified atom stereocenters. The summed E-state index contributed by atoms with van der Waals surface area (Å²) in [6.45, 7) is 6.46. The van der Waals surface area contributed by atoms with E-state index in [0.717, 1.165) is 57.8 Å². The fourth-order valence-corrected chi connectivity index (χ4v) is 10.3. The van der Waals surface area contributed by atoms with Crippen LogP contribution in [0.5, 0.6) is 0 Å². The van der Waals surface area contributed by atoms with Crippen LogP contribution in [0.25, 0.3) is 0 Å². The number of esters is 3. The summed E-state index contributed by atoms with van der Waals surface area (Å²) in [5.41, 5.74) is 0. The smallest absolute Gasteiger partial charge is 0.0654 e. The molecule has 0 rings (SSSR count). The van der Waals surface area contributed by atoms with Gasteiger partial charge in [-0.05, 0) is 0 Å². The summed E-state index contributed by atoms with van der Waals surface area (Å²) >= 11 is -5.53. The Morgan fingerprint density at radius 1 is 0.371 bits per heavy atom. The van der Waals surface area contributed by atoms with Gasteiger partial charge in [0, 0.05) is 0 Å². The Kier molecular flexibility index (Phi) is 43.9. The van der Waals surface area contributed by atoms with Crippen molar-refractivity contribution in [3.63, 3.8) is 0 Å². The Morgan fingerprint density at radius 2 is 0.597 bits per heavy atom. The Balaban J connectivity index is 4.92. The summed E-state index contributed by atoms with van der Waals surface area (Å²) in [4.78, 5) is 39.1. The first-order valence-electron chi connectivity index (χ1n) is 26.7. The molecule has 0 radical (unpaired) electrons. The van der Waals surface area contributed by atoms with Crippen molar-refractivity contribution < 1.29 is 40.5 Å². The zero-order chi connectivity index (χ0) is 45.7. The summed E-state index contributed by atoms with van der Waals surface area (Å²) in [7, 11) is 0. The van der Waals surface area contributed by atoms with Gasteiger partial charge in [0.15, 0.2) is 0 Å². The molecule has 0 atom stereocenters. The Bertz CT molecular complexity index is 1020. The molecule has 10 heteroatoms. The molecule has 0 amide bonds. The minimum atomic E-state index is -5.53. The van der Waals surface area contributed by atoms with Crippen molar-refractivity contribution in [3.8, 4) is 0 Å². The van der Waals surface area contributed by atoms with Crippen molar-refractivity contribution in [1.29, 1.82) is 0 Å². The van der Waals surface area contributed by atoms with Gasteiger partial charge in [0.1, 0.15) is 0 Å². The first kappa shape index (κ1) is 60.7. The molecule has 0 saturated carbocycles. The number of hydrogen-bond acceptors (Lipinski definition) is 7.